The lowest BCUT2D eigenvalue weighted by molar-refractivity contribution is -0.705. The predicted molar refractivity (Wildman–Crippen MR) is 159 cm³/mol. The molecule has 4 saturated carbocycles. The molecule has 2 aliphatic heterocycles. The largest absolute Gasteiger partial charge is 0.394 e. The molecule has 0 aromatic heterocycles. The van der Waals surface area contributed by atoms with E-state index >= 15 is 0 Å². The van der Waals surface area contributed by atoms with E-state index in [4.69, 9.17) is 19.9 Å². The summed E-state index contributed by atoms with van der Waals surface area (Å²) in [5.74, 6) is -2.35. The van der Waals surface area contributed by atoms with Gasteiger partial charge in [0.25, 0.3) is 0 Å². The molecule has 6 aliphatic rings. The second kappa shape index (κ2) is 13.8. The molecule has 0 spiro atoms. The van der Waals surface area contributed by atoms with E-state index in [1.807, 2.05) is 0 Å². The van der Waals surface area contributed by atoms with Crippen LogP contribution in [0.25, 0.3) is 0 Å². The molecule has 15 unspecified atom stereocenters. The number of aliphatic hydroxyl groups excluding tert-OH is 5. The maximum absolute atomic E-state index is 14.3. The molecule has 15 atom stereocenters. The van der Waals surface area contributed by atoms with Gasteiger partial charge in [-0.1, -0.05) is 19.3 Å². The lowest BCUT2D eigenvalue weighted by Crippen LogP contribution is -2.95. The first-order chi connectivity index (χ1) is 21.6. The number of hydrogen-bond donors (Lipinski definition) is 7. The van der Waals surface area contributed by atoms with Gasteiger partial charge in [-0.05, 0) is 56.3 Å². The van der Waals surface area contributed by atoms with Crippen molar-refractivity contribution in [3.05, 3.63) is 0 Å². The summed E-state index contributed by atoms with van der Waals surface area (Å²) in [6.07, 6.45) is 1.43. The Hall–Kier alpha value is -1.06. The first-order valence-electron chi connectivity index (χ1n) is 17.4. The monoisotopic (exact) mass is 639 g/mol. The Morgan fingerprint density at radius 3 is 2.31 bits per heavy atom. The third kappa shape index (κ3) is 6.41. The van der Waals surface area contributed by atoms with Crippen LogP contribution in [0.15, 0.2) is 0 Å². The molecule has 0 aromatic rings. The Kier molecular flexibility index (Phi) is 10.4. The number of aliphatic hydroxyl groups is 5. The highest BCUT2D eigenvalue weighted by molar-refractivity contribution is 6.00. The first-order valence-corrected chi connectivity index (χ1v) is 17.4. The molecule has 6 fully saturated rings. The fourth-order valence-corrected chi connectivity index (χ4v) is 10.4. The van der Waals surface area contributed by atoms with Crippen LogP contribution in [0.1, 0.15) is 77.0 Å². The molecule has 2 saturated heterocycles. The number of carbonyl (C=O) groups is 2. The minimum Gasteiger partial charge on any atom is -0.394 e. The maximum Gasteiger partial charge on any atom is 0.186 e. The highest BCUT2D eigenvalue weighted by Gasteiger charge is 2.60. The van der Waals surface area contributed by atoms with Crippen molar-refractivity contribution in [2.45, 2.75) is 132 Å². The standard InChI is InChI=1S/C33H54N2O10/c1-43-18-11-20-26(22(12-18)44-32-31(42)30(41)28(39)23(15-36)45-32)29(40)25-19(27(20)38)9-16(10-21(25)37)13-33(7-3-2-4-8-33)17-5-6-24(34)35-14-17/h16-26,28,30-32,35-37,39,41-42H,2-15,34H2,1H3/p+1. The van der Waals surface area contributed by atoms with Gasteiger partial charge in [0.05, 0.1) is 43.3 Å². The zero-order chi connectivity index (χ0) is 32.0. The van der Waals surface area contributed by atoms with E-state index in [2.05, 4.69) is 5.32 Å². The fourth-order valence-electron chi connectivity index (χ4n) is 10.4. The summed E-state index contributed by atoms with van der Waals surface area (Å²) in [7, 11) is 1.55. The van der Waals surface area contributed by atoms with Crippen molar-refractivity contribution in [1.29, 1.82) is 0 Å². The summed E-state index contributed by atoms with van der Waals surface area (Å²) >= 11 is 0. The zero-order valence-corrected chi connectivity index (χ0v) is 26.5. The van der Waals surface area contributed by atoms with Gasteiger partial charge < -0.3 is 45.1 Å². The molecule has 6 rings (SSSR count). The summed E-state index contributed by atoms with van der Waals surface area (Å²) in [5.41, 5.74) is 6.40. The number of nitrogens with two attached hydrogens (primary N) is 2. The third-order valence-corrected chi connectivity index (χ3v) is 12.7. The average molecular weight is 640 g/mol. The quantitative estimate of drug-likeness (QED) is 0.179. The van der Waals surface area contributed by atoms with Gasteiger partial charge in [-0.25, -0.2) is 0 Å². The number of ether oxygens (including phenoxy) is 3. The smallest absolute Gasteiger partial charge is 0.186 e. The van der Waals surface area contributed by atoms with Crippen LogP contribution in [-0.2, 0) is 23.8 Å². The lowest BCUT2D eigenvalue weighted by atomic mass is 9.53. The summed E-state index contributed by atoms with van der Waals surface area (Å²) in [4.78, 5) is 28.6. The molecule has 0 amide bonds. The number of piperidine rings is 1. The summed E-state index contributed by atoms with van der Waals surface area (Å²) in [6.45, 7) is 0.419. The molecule has 9 N–H and O–H groups in total. The van der Waals surface area contributed by atoms with Crippen LogP contribution in [0.2, 0.25) is 0 Å². The van der Waals surface area contributed by atoms with E-state index in [1.54, 1.807) is 7.11 Å². The first kappa shape index (κ1) is 33.8. The van der Waals surface area contributed by atoms with Crippen LogP contribution in [0.3, 0.4) is 0 Å². The molecular weight excluding hydrogens is 584 g/mol. The van der Waals surface area contributed by atoms with Gasteiger partial charge in [0.2, 0.25) is 0 Å². The van der Waals surface area contributed by atoms with Crippen molar-refractivity contribution in [1.82, 2.24) is 0 Å². The van der Waals surface area contributed by atoms with E-state index in [0.717, 1.165) is 25.8 Å². The van der Waals surface area contributed by atoms with Gasteiger partial charge in [0, 0.05) is 37.7 Å². The number of fused-ring (bicyclic) bond motifs is 2. The van der Waals surface area contributed by atoms with Gasteiger partial charge >= 0.3 is 0 Å². The average Bonchev–Trinajstić information content (AvgIpc) is 3.04. The van der Waals surface area contributed by atoms with E-state index in [-0.39, 0.29) is 41.6 Å². The zero-order valence-electron chi connectivity index (χ0n) is 26.5. The van der Waals surface area contributed by atoms with Crippen molar-refractivity contribution in [3.63, 3.8) is 0 Å². The van der Waals surface area contributed by atoms with E-state index < -0.39 is 73.2 Å². The Labute approximate surface area is 265 Å². The normalized spacial score (nSPS) is 48.8. The number of hydrogen-bond acceptors (Lipinski definition) is 11. The predicted octanol–water partition coefficient (Wildman–Crippen LogP) is -1.03. The second-order valence-electron chi connectivity index (χ2n) is 15.2. The van der Waals surface area contributed by atoms with Gasteiger partial charge in [0.15, 0.2) is 6.29 Å². The highest BCUT2D eigenvalue weighted by Crippen LogP contribution is 2.54. The van der Waals surface area contributed by atoms with Crippen LogP contribution in [0.4, 0.5) is 0 Å². The molecule has 256 valence electrons. The molecule has 45 heavy (non-hydrogen) atoms. The Balaban J connectivity index is 1.20. The lowest BCUT2D eigenvalue weighted by Gasteiger charge is -2.52. The van der Waals surface area contributed by atoms with Crippen molar-refractivity contribution in [2.75, 3.05) is 20.3 Å². The van der Waals surface area contributed by atoms with Crippen LogP contribution in [0.5, 0.6) is 0 Å². The highest BCUT2D eigenvalue weighted by atomic mass is 16.7. The summed E-state index contributed by atoms with van der Waals surface area (Å²) in [5, 5.41) is 54.6. The summed E-state index contributed by atoms with van der Waals surface area (Å²) in [6, 6.07) is 0. The number of carbonyl (C=O) groups excluding carboxylic acids is 2. The van der Waals surface area contributed by atoms with Gasteiger partial charge in [0.1, 0.15) is 42.1 Å². The minimum atomic E-state index is -1.63. The van der Waals surface area contributed by atoms with E-state index in [1.165, 1.54) is 32.1 Å². The number of ketones is 2. The van der Waals surface area contributed by atoms with Crippen LogP contribution >= 0.6 is 0 Å². The van der Waals surface area contributed by atoms with Crippen molar-refractivity contribution in [2.24, 2.45) is 46.7 Å². The van der Waals surface area contributed by atoms with Gasteiger partial charge in [-0.15, -0.1) is 0 Å². The molecule has 0 aromatic carbocycles. The van der Waals surface area contributed by atoms with E-state index in [9.17, 15) is 35.1 Å². The third-order valence-electron chi connectivity index (χ3n) is 12.7. The Bertz CT molecular complexity index is 1050. The van der Waals surface area contributed by atoms with Crippen molar-refractivity contribution < 1.29 is 54.6 Å². The molecular formula is C33H55N2O10+. The topological polar surface area (TPSA) is 206 Å². The maximum atomic E-state index is 14.3. The van der Waals surface area contributed by atoms with Crippen LogP contribution in [0, 0.1) is 40.9 Å². The molecule has 12 heteroatoms. The number of quaternary nitrogens is 1. The Morgan fingerprint density at radius 1 is 0.911 bits per heavy atom. The second-order valence-corrected chi connectivity index (χ2v) is 15.2. The molecule has 2 heterocycles. The van der Waals surface area contributed by atoms with Gasteiger partial charge in [-0.2, -0.15) is 0 Å². The molecule has 12 nitrogen and oxygen atoms in total. The number of rotatable bonds is 7. The molecule has 0 bridgehead atoms. The van der Waals surface area contributed by atoms with Gasteiger partial charge in [-0.3, -0.25) is 15.3 Å². The minimum absolute atomic E-state index is 0.0211. The van der Waals surface area contributed by atoms with E-state index in [0.29, 0.717) is 25.2 Å². The molecule has 0 radical (unpaired) electrons. The number of methoxy groups -OCH3 is 1. The molecule has 4 aliphatic carbocycles. The van der Waals surface area contributed by atoms with Crippen molar-refractivity contribution in [3.8, 4) is 0 Å². The summed E-state index contributed by atoms with van der Waals surface area (Å²) < 4.78 is 17.4. The number of Topliss-reactive ketones (excluding diaryl/α,β-unsaturated/α-hetero) is 2. The van der Waals surface area contributed by atoms with Crippen LogP contribution in [-0.4, -0.2) is 113 Å². The van der Waals surface area contributed by atoms with Crippen LogP contribution < -0.4 is 11.1 Å². The Morgan fingerprint density at radius 2 is 1.64 bits per heavy atom. The SMILES string of the molecule is COC1CC(OC2OC(CO)C(O)C(O)C2O)C2C(=O)C3C(O)CC(CC4(C5CCC(N)[NH2+]C5)CCCCC4)CC3C(=O)C2C1. The van der Waals surface area contributed by atoms with Crippen molar-refractivity contribution >= 4 is 11.6 Å². The fraction of sp³-hybridized carbons (Fsp3) is 0.939.